The molecule has 0 spiro atoms. The highest BCUT2D eigenvalue weighted by atomic mass is 19.4. The maximum atomic E-state index is 14.8. The van der Waals surface area contributed by atoms with E-state index in [2.05, 4.69) is 20.2 Å². The Morgan fingerprint density at radius 1 is 1.14 bits per heavy atom. The van der Waals surface area contributed by atoms with Crippen molar-refractivity contribution in [1.82, 2.24) is 14.9 Å². The molecular formula is C27H30F4N4O2. The van der Waals surface area contributed by atoms with Gasteiger partial charge in [0.1, 0.15) is 24.1 Å². The van der Waals surface area contributed by atoms with Crippen LogP contribution in [0.25, 0.3) is 10.9 Å². The zero-order chi connectivity index (χ0) is 26.3. The number of nitrogens with zero attached hydrogens (tertiary/aromatic N) is 3. The Bertz CT molecular complexity index is 1300. The van der Waals surface area contributed by atoms with Crippen LogP contribution in [0.4, 0.5) is 23.4 Å². The number of fused-ring (bicyclic) bond motifs is 1. The summed E-state index contributed by atoms with van der Waals surface area (Å²) in [5.74, 6) is 0.594. The summed E-state index contributed by atoms with van der Waals surface area (Å²) in [5, 5.41) is 3.69. The van der Waals surface area contributed by atoms with Crippen molar-refractivity contribution >= 4 is 16.7 Å². The van der Waals surface area contributed by atoms with Crippen molar-refractivity contribution < 1.29 is 27.0 Å². The molecule has 0 radical (unpaired) electrons. The highest BCUT2D eigenvalue weighted by Crippen LogP contribution is 2.38. The van der Waals surface area contributed by atoms with Crippen molar-refractivity contribution in [3.8, 4) is 11.5 Å². The van der Waals surface area contributed by atoms with E-state index in [4.69, 9.17) is 9.47 Å². The minimum Gasteiger partial charge on any atom is -0.493 e. The van der Waals surface area contributed by atoms with Crippen LogP contribution >= 0.6 is 0 Å². The number of hydrogen-bond acceptors (Lipinski definition) is 6. The zero-order valence-corrected chi connectivity index (χ0v) is 21.0. The first-order chi connectivity index (χ1) is 17.7. The van der Waals surface area contributed by atoms with E-state index in [1.165, 1.54) is 25.0 Å². The van der Waals surface area contributed by atoms with Crippen molar-refractivity contribution in [3.63, 3.8) is 0 Å². The lowest BCUT2D eigenvalue weighted by atomic mass is 10.0. The quantitative estimate of drug-likeness (QED) is 0.354. The normalized spacial score (nSPS) is 19.3. The number of rotatable bonds is 8. The van der Waals surface area contributed by atoms with Crippen LogP contribution in [-0.2, 0) is 6.18 Å². The number of anilines is 1. The molecule has 2 atom stereocenters. The molecule has 1 N–H and O–H groups in total. The van der Waals surface area contributed by atoms with Gasteiger partial charge in [0.05, 0.1) is 24.2 Å². The smallest absolute Gasteiger partial charge is 0.419 e. The van der Waals surface area contributed by atoms with Crippen LogP contribution in [0.3, 0.4) is 0 Å². The molecule has 2 fully saturated rings. The Morgan fingerprint density at radius 2 is 1.92 bits per heavy atom. The van der Waals surface area contributed by atoms with Gasteiger partial charge in [-0.25, -0.2) is 14.4 Å². The van der Waals surface area contributed by atoms with Gasteiger partial charge in [-0.05, 0) is 58.2 Å². The van der Waals surface area contributed by atoms with Crippen LogP contribution in [0.15, 0.2) is 30.3 Å². The summed E-state index contributed by atoms with van der Waals surface area (Å²) in [6.07, 6.45) is -0.0559. The predicted molar refractivity (Wildman–Crippen MR) is 133 cm³/mol. The third-order valence-electron chi connectivity index (χ3n) is 7.12. The number of methoxy groups -OCH3 is 1. The molecule has 3 aromatic rings. The summed E-state index contributed by atoms with van der Waals surface area (Å²) < 4.78 is 66.3. The topological polar surface area (TPSA) is 59.5 Å². The number of ether oxygens (including phenoxy) is 2. The molecule has 6 nitrogen and oxygen atoms in total. The average molecular weight is 519 g/mol. The van der Waals surface area contributed by atoms with Gasteiger partial charge in [0.25, 0.3) is 0 Å². The molecule has 1 aliphatic heterocycles. The van der Waals surface area contributed by atoms with E-state index >= 15 is 0 Å². The van der Waals surface area contributed by atoms with Crippen LogP contribution < -0.4 is 14.8 Å². The summed E-state index contributed by atoms with van der Waals surface area (Å²) in [6.45, 7) is 4.93. The molecule has 2 heterocycles. The number of aryl methyl sites for hydroxylation is 1. The van der Waals surface area contributed by atoms with Gasteiger partial charge in [-0.3, -0.25) is 4.90 Å². The summed E-state index contributed by atoms with van der Waals surface area (Å²) in [4.78, 5) is 11.5. The van der Waals surface area contributed by atoms with E-state index < -0.39 is 23.6 Å². The average Bonchev–Trinajstić information content (AvgIpc) is 3.58. The highest BCUT2D eigenvalue weighted by molar-refractivity contribution is 5.92. The standard InChI is InChI=1S/C27H30F4N4O2/c1-15(19-7-4-8-21(25(19)28)27(29,30)31)32-26-20-12-24(23(36-3)13-22(20)33-16(2)34-26)37-14-18-6-5-11-35(18)17-9-10-17/h4,7-8,12-13,15,17-18H,5-6,9-11,14H2,1-3H3,(H,32,33,34)/t15-,18+/m1/s1. The first-order valence-electron chi connectivity index (χ1n) is 12.5. The molecule has 1 saturated heterocycles. The lowest BCUT2D eigenvalue weighted by Gasteiger charge is -2.25. The fourth-order valence-electron chi connectivity index (χ4n) is 5.13. The maximum absolute atomic E-state index is 14.8. The lowest BCUT2D eigenvalue weighted by Crippen LogP contribution is -2.35. The third-order valence-corrected chi connectivity index (χ3v) is 7.12. The van der Waals surface area contributed by atoms with Crippen molar-refractivity contribution in [2.75, 3.05) is 25.6 Å². The van der Waals surface area contributed by atoms with Gasteiger partial charge in [-0.15, -0.1) is 0 Å². The summed E-state index contributed by atoms with van der Waals surface area (Å²) in [6, 6.07) is 7.03. The third kappa shape index (κ3) is 5.30. The SMILES string of the molecule is COc1cc2nc(C)nc(N[C@H](C)c3cccc(C(F)(F)F)c3F)c2cc1OC[C@@H]1CCCN1C1CC1. The second-order valence-electron chi connectivity index (χ2n) is 9.79. The summed E-state index contributed by atoms with van der Waals surface area (Å²) in [7, 11) is 1.56. The summed E-state index contributed by atoms with van der Waals surface area (Å²) >= 11 is 0. The fraction of sp³-hybridized carbons (Fsp3) is 0.481. The van der Waals surface area contributed by atoms with E-state index in [9.17, 15) is 17.6 Å². The van der Waals surface area contributed by atoms with Gasteiger partial charge in [0.2, 0.25) is 0 Å². The molecule has 0 bridgehead atoms. The molecule has 37 heavy (non-hydrogen) atoms. The largest absolute Gasteiger partial charge is 0.493 e. The number of aromatic nitrogens is 2. The molecule has 0 amide bonds. The van der Waals surface area contributed by atoms with Crippen molar-refractivity contribution in [1.29, 1.82) is 0 Å². The first kappa shape index (κ1) is 25.5. The van der Waals surface area contributed by atoms with Crippen LogP contribution in [0.1, 0.15) is 55.6 Å². The van der Waals surface area contributed by atoms with Gasteiger partial charge in [-0.1, -0.05) is 12.1 Å². The minimum absolute atomic E-state index is 0.106. The second kappa shape index (κ2) is 9.96. The van der Waals surface area contributed by atoms with Gasteiger partial charge in [0, 0.05) is 29.1 Å². The van der Waals surface area contributed by atoms with E-state index in [0.29, 0.717) is 52.7 Å². The van der Waals surface area contributed by atoms with Gasteiger partial charge in [-0.2, -0.15) is 13.2 Å². The Kier molecular flexibility index (Phi) is 6.87. The monoisotopic (exact) mass is 518 g/mol. The van der Waals surface area contributed by atoms with Crippen LogP contribution in [0, 0.1) is 12.7 Å². The number of alkyl halides is 3. The maximum Gasteiger partial charge on any atom is 0.419 e. The molecular weight excluding hydrogens is 488 g/mol. The summed E-state index contributed by atoms with van der Waals surface area (Å²) in [5.41, 5.74) is -0.822. The van der Waals surface area contributed by atoms with E-state index in [0.717, 1.165) is 25.5 Å². The lowest BCUT2D eigenvalue weighted by molar-refractivity contribution is -0.140. The highest BCUT2D eigenvalue weighted by Gasteiger charge is 2.37. The Morgan fingerprint density at radius 3 is 2.62 bits per heavy atom. The Balaban J connectivity index is 1.44. The van der Waals surface area contributed by atoms with Crippen molar-refractivity contribution in [2.24, 2.45) is 0 Å². The van der Waals surface area contributed by atoms with Gasteiger partial charge in [0.15, 0.2) is 11.5 Å². The second-order valence-corrected chi connectivity index (χ2v) is 9.79. The van der Waals surface area contributed by atoms with E-state index in [-0.39, 0.29) is 5.56 Å². The molecule has 2 aliphatic rings. The molecule has 1 saturated carbocycles. The molecule has 10 heteroatoms. The predicted octanol–water partition coefficient (Wildman–Crippen LogP) is 6.28. The number of halogens is 4. The number of hydrogen-bond donors (Lipinski definition) is 1. The zero-order valence-electron chi connectivity index (χ0n) is 21.0. The van der Waals surface area contributed by atoms with Gasteiger partial charge < -0.3 is 14.8 Å². The molecule has 198 valence electrons. The van der Waals surface area contributed by atoms with E-state index in [1.807, 2.05) is 0 Å². The number of likely N-dealkylation sites (tertiary alicyclic amines) is 1. The van der Waals surface area contributed by atoms with E-state index in [1.54, 1.807) is 33.1 Å². The Labute approximate surface area is 213 Å². The molecule has 5 rings (SSSR count). The minimum atomic E-state index is -4.78. The van der Waals surface area contributed by atoms with Gasteiger partial charge >= 0.3 is 6.18 Å². The van der Waals surface area contributed by atoms with Crippen molar-refractivity contribution in [2.45, 2.75) is 63.8 Å². The fourth-order valence-corrected chi connectivity index (χ4v) is 5.13. The Hall–Kier alpha value is -3.14. The number of benzene rings is 2. The molecule has 1 aromatic heterocycles. The van der Waals surface area contributed by atoms with Crippen molar-refractivity contribution in [3.05, 3.63) is 53.1 Å². The van der Waals surface area contributed by atoms with Crippen LogP contribution in [0.2, 0.25) is 0 Å². The molecule has 2 aromatic carbocycles. The first-order valence-corrected chi connectivity index (χ1v) is 12.5. The number of nitrogens with one attached hydrogen (secondary N) is 1. The van der Waals surface area contributed by atoms with Crippen LogP contribution in [-0.4, -0.2) is 47.2 Å². The molecule has 1 aliphatic carbocycles. The van der Waals surface area contributed by atoms with Crippen LogP contribution in [0.5, 0.6) is 11.5 Å². The molecule has 0 unspecified atom stereocenters.